The number of fused-ring (bicyclic) bond motifs is 1. The van der Waals surface area contributed by atoms with E-state index in [0.717, 1.165) is 38.5 Å². The summed E-state index contributed by atoms with van der Waals surface area (Å²) in [7, 11) is 0. The van der Waals surface area contributed by atoms with Crippen molar-refractivity contribution in [3.05, 3.63) is 0 Å². The Kier molecular flexibility index (Phi) is 6.14. The maximum atomic E-state index is 13.4. The van der Waals surface area contributed by atoms with Gasteiger partial charge in [-0.15, -0.1) is 0 Å². The predicted molar refractivity (Wildman–Crippen MR) is 109 cm³/mol. The Morgan fingerprint density at radius 3 is 2.19 bits per heavy atom. The van der Waals surface area contributed by atoms with Crippen LogP contribution in [0, 0.1) is 35.0 Å². The molecule has 3 heteroatoms. The highest BCUT2D eigenvalue weighted by atomic mass is 16.8. The van der Waals surface area contributed by atoms with E-state index in [1.54, 1.807) is 0 Å². The van der Waals surface area contributed by atoms with Crippen molar-refractivity contribution in [3.63, 3.8) is 0 Å². The van der Waals surface area contributed by atoms with E-state index in [1.807, 2.05) is 0 Å². The maximum Gasteiger partial charge on any atom is 0.166 e. The summed E-state index contributed by atoms with van der Waals surface area (Å²) < 4.78 is 12.7. The van der Waals surface area contributed by atoms with Crippen LogP contribution in [0.15, 0.2) is 0 Å². The molecule has 0 N–H and O–H groups in total. The highest BCUT2D eigenvalue weighted by Gasteiger charge is 2.58. The highest BCUT2D eigenvalue weighted by molar-refractivity contribution is 5.89. The number of carbonyl (C=O) groups is 1. The Hall–Kier alpha value is -0.410. The van der Waals surface area contributed by atoms with Gasteiger partial charge < -0.3 is 9.47 Å². The highest BCUT2D eigenvalue weighted by Crippen LogP contribution is 2.56. The second-order valence-corrected chi connectivity index (χ2v) is 10.8. The van der Waals surface area contributed by atoms with Crippen molar-refractivity contribution >= 4 is 5.78 Å². The van der Waals surface area contributed by atoms with Gasteiger partial charge in [0.25, 0.3) is 0 Å². The minimum absolute atomic E-state index is 0.173. The summed E-state index contributed by atoms with van der Waals surface area (Å²) in [4.78, 5) is 13.4. The van der Waals surface area contributed by atoms with Gasteiger partial charge in [-0.2, -0.15) is 0 Å². The van der Waals surface area contributed by atoms with E-state index in [9.17, 15) is 4.79 Å². The Morgan fingerprint density at radius 1 is 1.11 bits per heavy atom. The van der Waals surface area contributed by atoms with Crippen LogP contribution in [0.5, 0.6) is 0 Å². The molecule has 156 valence electrons. The van der Waals surface area contributed by atoms with Crippen LogP contribution in [0.4, 0.5) is 0 Å². The van der Waals surface area contributed by atoms with Crippen molar-refractivity contribution in [3.8, 4) is 0 Å². The summed E-state index contributed by atoms with van der Waals surface area (Å²) in [5.41, 5.74) is -0.173. The molecule has 1 saturated heterocycles. The van der Waals surface area contributed by atoms with Crippen molar-refractivity contribution in [2.75, 3.05) is 0 Å². The monoisotopic (exact) mass is 378 g/mol. The lowest BCUT2D eigenvalue weighted by Crippen LogP contribution is -2.36. The quantitative estimate of drug-likeness (QED) is 0.493. The molecule has 3 rings (SSSR count). The molecule has 0 amide bonds. The van der Waals surface area contributed by atoms with Crippen molar-refractivity contribution in [2.24, 2.45) is 35.0 Å². The van der Waals surface area contributed by atoms with Crippen molar-refractivity contribution in [1.82, 2.24) is 0 Å². The number of ketones is 1. The predicted octanol–water partition coefficient (Wildman–Crippen LogP) is 6.00. The van der Waals surface area contributed by atoms with E-state index in [1.165, 1.54) is 6.42 Å². The SMILES string of the molecule is CCCCC1(C)OC2CC(C3CC3C(=O)C(C)(CC(C)C)C(C)C)CC2O1. The first-order valence-electron chi connectivity index (χ1n) is 11.5. The van der Waals surface area contributed by atoms with E-state index >= 15 is 0 Å². The molecule has 0 aromatic carbocycles. The molecular formula is C24H42O3. The van der Waals surface area contributed by atoms with Crippen LogP contribution in [0.25, 0.3) is 0 Å². The number of rotatable bonds is 9. The van der Waals surface area contributed by atoms with Crippen LogP contribution >= 0.6 is 0 Å². The lowest BCUT2D eigenvalue weighted by molar-refractivity contribution is -0.174. The lowest BCUT2D eigenvalue weighted by atomic mass is 9.68. The van der Waals surface area contributed by atoms with Gasteiger partial charge in [-0.1, -0.05) is 48.0 Å². The van der Waals surface area contributed by atoms with E-state index in [4.69, 9.17) is 9.47 Å². The summed E-state index contributed by atoms with van der Waals surface area (Å²) in [5.74, 6) is 2.59. The number of hydrogen-bond acceptors (Lipinski definition) is 3. The van der Waals surface area contributed by atoms with Crippen molar-refractivity contribution in [1.29, 1.82) is 0 Å². The van der Waals surface area contributed by atoms with E-state index < -0.39 is 0 Å². The van der Waals surface area contributed by atoms with E-state index in [0.29, 0.717) is 29.5 Å². The molecule has 1 heterocycles. The molecule has 0 bridgehead atoms. The molecule has 5 atom stereocenters. The molecule has 5 unspecified atom stereocenters. The Labute approximate surface area is 167 Å². The van der Waals surface area contributed by atoms with E-state index in [-0.39, 0.29) is 29.3 Å². The smallest absolute Gasteiger partial charge is 0.166 e. The van der Waals surface area contributed by atoms with Gasteiger partial charge >= 0.3 is 0 Å². The fourth-order valence-electron chi connectivity index (χ4n) is 5.81. The van der Waals surface area contributed by atoms with Crippen LogP contribution in [0.3, 0.4) is 0 Å². The van der Waals surface area contributed by atoms with Gasteiger partial charge in [0, 0.05) is 17.8 Å². The first kappa shape index (κ1) is 21.3. The second kappa shape index (κ2) is 7.78. The Balaban J connectivity index is 1.56. The zero-order valence-corrected chi connectivity index (χ0v) is 18.7. The maximum absolute atomic E-state index is 13.4. The van der Waals surface area contributed by atoms with Gasteiger partial charge in [-0.05, 0) is 62.7 Å². The van der Waals surface area contributed by atoms with Gasteiger partial charge in [-0.3, -0.25) is 4.79 Å². The van der Waals surface area contributed by atoms with Crippen LogP contribution in [-0.4, -0.2) is 23.8 Å². The summed E-state index contributed by atoms with van der Waals surface area (Å²) >= 11 is 0. The second-order valence-electron chi connectivity index (χ2n) is 10.8. The Morgan fingerprint density at radius 2 is 1.70 bits per heavy atom. The molecule has 0 spiro atoms. The van der Waals surface area contributed by atoms with Gasteiger partial charge in [-0.25, -0.2) is 0 Å². The van der Waals surface area contributed by atoms with Crippen LogP contribution < -0.4 is 0 Å². The lowest BCUT2D eigenvalue weighted by Gasteiger charge is -2.34. The summed E-state index contributed by atoms with van der Waals surface area (Å²) in [6, 6.07) is 0. The summed E-state index contributed by atoms with van der Waals surface area (Å²) in [6.45, 7) is 15.4. The molecule has 0 aromatic heterocycles. The summed E-state index contributed by atoms with van der Waals surface area (Å²) in [5, 5.41) is 0. The normalized spacial score (nSPS) is 40.4. The molecule has 1 aliphatic heterocycles. The van der Waals surface area contributed by atoms with Crippen LogP contribution in [0.1, 0.15) is 93.4 Å². The van der Waals surface area contributed by atoms with Crippen molar-refractivity contribution in [2.45, 2.75) is 111 Å². The van der Waals surface area contributed by atoms with Crippen LogP contribution in [-0.2, 0) is 14.3 Å². The van der Waals surface area contributed by atoms with Crippen molar-refractivity contribution < 1.29 is 14.3 Å². The number of hydrogen-bond donors (Lipinski definition) is 0. The fourth-order valence-corrected chi connectivity index (χ4v) is 5.81. The molecule has 2 saturated carbocycles. The molecule has 27 heavy (non-hydrogen) atoms. The largest absolute Gasteiger partial charge is 0.344 e. The zero-order chi connectivity index (χ0) is 20.0. The van der Waals surface area contributed by atoms with Gasteiger partial charge in [0.2, 0.25) is 0 Å². The van der Waals surface area contributed by atoms with Gasteiger partial charge in [0.15, 0.2) is 5.79 Å². The number of ether oxygens (including phenoxy) is 2. The topological polar surface area (TPSA) is 35.5 Å². The van der Waals surface area contributed by atoms with Crippen LogP contribution in [0.2, 0.25) is 0 Å². The zero-order valence-electron chi connectivity index (χ0n) is 18.7. The first-order chi connectivity index (χ1) is 12.6. The molecule has 2 aliphatic carbocycles. The molecule has 0 aromatic rings. The first-order valence-corrected chi connectivity index (χ1v) is 11.5. The average molecular weight is 379 g/mol. The van der Waals surface area contributed by atoms with E-state index in [2.05, 4.69) is 48.5 Å². The Bertz CT molecular complexity index is 526. The van der Waals surface area contributed by atoms with Gasteiger partial charge in [0.05, 0.1) is 12.2 Å². The third-order valence-electron chi connectivity index (χ3n) is 7.72. The molecule has 3 aliphatic rings. The third kappa shape index (κ3) is 4.29. The molecular weight excluding hydrogens is 336 g/mol. The minimum atomic E-state index is -0.372. The standard InChI is InChI=1S/C24H42O3/c1-8-9-10-24(7)26-20-11-17(12-21(20)27-24)18-13-19(18)22(25)23(6,16(4)5)14-15(2)3/h15-21H,8-14H2,1-7H3. The summed E-state index contributed by atoms with van der Waals surface area (Å²) in [6.07, 6.45) is 8.10. The number of carbonyl (C=O) groups excluding carboxylic acids is 1. The van der Waals surface area contributed by atoms with Gasteiger partial charge in [0.1, 0.15) is 5.78 Å². The fraction of sp³-hybridized carbons (Fsp3) is 0.958. The average Bonchev–Trinajstić information content (AvgIpc) is 3.19. The third-order valence-corrected chi connectivity index (χ3v) is 7.72. The molecule has 3 fully saturated rings. The molecule has 0 radical (unpaired) electrons. The minimum Gasteiger partial charge on any atom is -0.344 e. The number of Topliss-reactive ketones (excluding diaryl/α,β-unsaturated/α-hetero) is 1. The molecule has 3 nitrogen and oxygen atoms in total. The number of unbranched alkanes of at least 4 members (excludes halogenated alkanes) is 1.